The fourth-order valence-corrected chi connectivity index (χ4v) is 2.55. The van der Waals surface area contributed by atoms with Crippen molar-refractivity contribution in [2.75, 3.05) is 5.32 Å². The number of aromatic nitrogens is 1. The van der Waals surface area contributed by atoms with E-state index in [0.29, 0.717) is 6.07 Å². The van der Waals surface area contributed by atoms with Crippen molar-refractivity contribution < 1.29 is 53.1 Å². The molecule has 160 valence electrons. The molecule has 0 bridgehead atoms. The van der Waals surface area contributed by atoms with Gasteiger partial charge in [-0.05, 0) is 12.1 Å². The van der Waals surface area contributed by atoms with Gasteiger partial charge in [0.05, 0.1) is 5.69 Å². The smallest absolute Gasteiger partial charge is 0.296 e. The Bertz CT molecular complexity index is 923. The van der Waals surface area contributed by atoms with E-state index in [1.54, 1.807) is 0 Å². The number of carbonyl (C=O) groups is 1. The molecule has 1 N–H and O–H groups in total. The summed E-state index contributed by atoms with van der Waals surface area (Å²) in [6.45, 7) is 0. The van der Waals surface area contributed by atoms with E-state index in [1.807, 2.05) is 0 Å². The van der Waals surface area contributed by atoms with Crippen molar-refractivity contribution >= 4 is 22.4 Å². The minimum absolute atomic E-state index is 0.234. The average Bonchev–Trinajstić information content (AvgIpc) is 3.01. The van der Waals surface area contributed by atoms with Crippen LogP contribution in [0, 0.1) is 11.6 Å². The first kappa shape index (κ1) is 22.8. The van der Waals surface area contributed by atoms with Crippen LogP contribution in [0.15, 0.2) is 23.6 Å². The van der Waals surface area contributed by atoms with Crippen molar-refractivity contribution in [2.45, 2.75) is 23.9 Å². The van der Waals surface area contributed by atoms with Gasteiger partial charge in [-0.25, -0.2) is 13.8 Å². The molecule has 0 aliphatic carbocycles. The van der Waals surface area contributed by atoms with Crippen LogP contribution in [-0.4, -0.2) is 34.8 Å². The molecule has 1 aromatic heterocycles. The van der Waals surface area contributed by atoms with Gasteiger partial charge in [-0.15, -0.1) is 11.3 Å². The summed E-state index contributed by atoms with van der Waals surface area (Å²) in [5.74, 6) is -26.2. The zero-order valence-corrected chi connectivity index (χ0v) is 14.0. The number of amides is 1. The molecule has 29 heavy (non-hydrogen) atoms. The lowest BCUT2D eigenvalue weighted by Gasteiger charge is -2.32. The van der Waals surface area contributed by atoms with E-state index in [1.165, 1.54) is 0 Å². The Hall–Kier alpha value is -2.45. The molecule has 0 radical (unpaired) electrons. The summed E-state index contributed by atoms with van der Waals surface area (Å²) in [6, 6.07) is 2.06. The van der Waals surface area contributed by atoms with Gasteiger partial charge in [0.25, 0.3) is 0 Å². The van der Waals surface area contributed by atoms with Gasteiger partial charge in [0.15, 0.2) is 5.13 Å². The molecule has 1 heterocycles. The third-order valence-electron chi connectivity index (χ3n) is 3.36. The van der Waals surface area contributed by atoms with Crippen molar-refractivity contribution in [3.8, 4) is 11.3 Å². The first-order chi connectivity index (χ1) is 13.0. The van der Waals surface area contributed by atoms with Crippen LogP contribution in [-0.2, 0) is 4.79 Å². The predicted octanol–water partition coefficient (Wildman–Crippen LogP) is 5.50. The number of thiazole rings is 1. The Morgan fingerprint density at radius 3 is 2.03 bits per heavy atom. The van der Waals surface area contributed by atoms with Crippen molar-refractivity contribution in [1.82, 2.24) is 4.98 Å². The largest absolute Gasteiger partial charge is 0.460 e. The highest BCUT2D eigenvalue weighted by molar-refractivity contribution is 7.14. The van der Waals surface area contributed by atoms with Crippen LogP contribution in [0.5, 0.6) is 0 Å². The molecule has 0 spiro atoms. The molecule has 2 aromatic rings. The number of benzene rings is 1. The quantitative estimate of drug-likeness (QED) is 0.602. The fraction of sp³-hybridized carbons (Fsp3) is 0.286. The lowest BCUT2D eigenvalue weighted by atomic mass is 10.0. The van der Waals surface area contributed by atoms with Crippen molar-refractivity contribution in [2.24, 2.45) is 0 Å². The Labute approximate surface area is 157 Å². The Morgan fingerprint density at radius 2 is 1.52 bits per heavy atom. The van der Waals surface area contributed by atoms with Gasteiger partial charge in [-0.3, -0.25) is 10.1 Å². The molecule has 0 unspecified atom stereocenters. The van der Waals surface area contributed by atoms with Crippen molar-refractivity contribution in [3.05, 3.63) is 35.2 Å². The first-order valence-electron chi connectivity index (χ1n) is 6.95. The van der Waals surface area contributed by atoms with Gasteiger partial charge in [-0.1, -0.05) is 0 Å². The summed E-state index contributed by atoms with van der Waals surface area (Å²) >= 11 is 0.234. The van der Waals surface area contributed by atoms with Crippen LogP contribution in [0.2, 0.25) is 0 Å². The summed E-state index contributed by atoms with van der Waals surface area (Å²) < 4.78 is 142. The monoisotopic (exact) mass is 458 g/mol. The third kappa shape index (κ3) is 3.86. The maximum Gasteiger partial charge on any atom is 0.460 e. The minimum Gasteiger partial charge on any atom is -0.296 e. The number of hydrogen-bond donors (Lipinski definition) is 1. The molecular formula is C14H5F11N2OS. The van der Waals surface area contributed by atoms with Gasteiger partial charge in [0.1, 0.15) is 11.6 Å². The van der Waals surface area contributed by atoms with Crippen molar-refractivity contribution in [1.29, 1.82) is 0 Å². The van der Waals surface area contributed by atoms with Gasteiger partial charge < -0.3 is 0 Å². The van der Waals surface area contributed by atoms with E-state index in [9.17, 15) is 53.1 Å². The predicted molar refractivity (Wildman–Crippen MR) is 77.0 cm³/mol. The van der Waals surface area contributed by atoms with E-state index in [4.69, 9.17) is 0 Å². The molecule has 0 aliphatic heterocycles. The van der Waals surface area contributed by atoms with Gasteiger partial charge >= 0.3 is 29.9 Å². The Balaban J connectivity index is 2.29. The van der Waals surface area contributed by atoms with Crippen LogP contribution in [0.25, 0.3) is 11.3 Å². The number of nitrogens with one attached hydrogen (secondary N) is 1. The molecule has 3 nitrogen and oxygen atoms in total. The molecule has 2 rings (SSSR count). The van der Waals surface area contributed by atoms with E-state index in [0.717, 1.165) is 22.8 Å². The average molecular weight is 458 g/mol. The molecule has 15 heteroatoms. The zero-order chi connectivity index (χ0) is 22.4. The number of alkyl halides is 9. The van der Waals surface area contributed by atoms with Crippen LogP contribution in [0.3, 0.4) is 0 Å². The van der Waals surface area contributed by atoms with Crippen LogP contribution < -0.4 is 5.32 Å². The normalized spacial score (nSPS) is 13.5. The summed E-state index contributed by atoms with van der Waals surface area (Å²) in [4.78, 5) is 14.7. The van der Waals surface area contributed by atoms with Crippen LogP contribution in [0.1, 0.15) is 0 Å². The molecule has 0 fully saturated rings. The third-order valence-corrected chi connectivity index (χ3v) is 4.12. The molecule has 1 aromatic carbocycles. The molecule has 0 saturated heterocycles. The Kier molecular flexibility index (Phi) is 5.60. The van der Waals surface area contributed by atoms with E-state index >= 15 is 0 Å². The maximum absolute atomic E-state index is 13.6. The summed E-state index contributed by atoms with van der Waals surface area (Å²) in [7, 11) is 0. The van der Waals surface area contributed by atoms with E-state index in [-0.39, 0.29) is 11.3 Å². The topological polar surface area (TPSA) is 42.0 Å². The lowest BCUT2D eigenvalue weighted by molar-refractivity contribution is -0.388. The van der Waals surface area contributed by atoms with Crippen LogP contribution in [0.4, 0.5) is 53.4 Å². The zero-order valence-electron chi connectivity index (χ0n) is 13.2. The number of anilines is 1. The van der Waals surface area contributed by atoms with Crippen molar-refractivity contribution in [3.63, 3.8) is 0 Å². The highest BCUT2D eigenvalue weighted by Gasteiger charge is 2.83. The maximum atomic E-state index is 13.6. The van der Waals surface area contributed by atoms with Gasteiger partial charge in [0.2, 0.25) is 0 Å². The highest BCUT2D eigenvalue weighted by Crippen LogP contribution is 2.53. The number of nitrogens with zero attached hydrogens (tertiary/aromatic N) is 1. The van der Waals surface area contributed by atoms with Gasteiger partial charge in [0, 0.05) is 17.0 Å². The van der Waals surface area contributed by atoms with E-state index < -0.39 is 57.9 Å². The molecule has 0 aliphatic rings. The second-order valence-electron chi connectivity index (χ2n) is 5.34. The fourth-order valence-electron chi connectivity index (χ4n) is 1.85. The van der Waals surface area contributed by atoms with Crippen LogP contribution >= 0.6 is 11.3 Å². The number of carbonyl (C=O) groups excluding carboxylic acids is 1. The Morgan fingerprint density at radius 1 is 0.931 bits per heavy atom. The number of hydrogen-bond acceptors (Lipinski definition) is 3. The minimum atomic E-state index is -7.23. The highest BCUT2D eigenvalue weighted by atomic mass is 32.1. The van der Waals surface area contributed by atoms with Gasteiger partial charge in [-0.2, -0.15) is 39.5 Å². The molecule has 0 saturated carbocycles. The summed E-state index contributed by atoms with van der Waals surface area (Å²) in [5, 5.41) is 0.925. The van der Waals surface area contributed by atoms with E-state index in [2.05, 4.69) is 4.98 Å². The SMILES string of the molecule is O=C(Nc1nc(-c2ccc(F)cc2F)cs1)C(F)(F)C(F)(F)C(F)(F)C(F)(F)F. The number of rotatable bonds is 5. The summed E-state index contributed by atoms with van der Waals surface area (Å²) in [6.07, 6.45) is -7.07. The molecular weight excluding hydrogens is 453 g/mol. The number of halogens is 11. The first-order valence-corrected chi connectivity index (χ1v) is 7.83. The molecule has 1 amide bonds. The molecule has 0 atom stereocenters. The lowest BCUT2D eigenvalue weighted by Crippen LogP contribution is -2.64. The second kappa shape index (κ2) is 7.11. The second-order valence-corrected chi connectivity index (χ2v) is 6.20. The standard InChI is InChI=1S/C14H5F11N2OS/c15-5-1-2-6(7(16)3-5)8-4-29-10(26-8)27-9(28)11(17,18)12(19,20)13(21,22)14(23,24)25/h1-4H,(H,26,27,28). The summed E-state index contributed by atoms with van der Waals surface area (Å²) in [5.41, 5.74) is -0.789.